The molecule has 3 N–H and O–H groups in total. The Kier molecular flexibility index (Phi) is 3.59. The van der Waals surface area contributed by atoms with Gasteiger partial charge in [0.05, 0.1) is 6.61 Å². The highest BCUT2D eigenvalue weighted by Crippen LogP contribution is 2.68. The summed E-state index contributed by atoms with van der Waals surface area (Å²) in [6.07, 6.45) is 4.76. The molecule has 0 radical (unpaired) electrons. The van der Waals surface area contributed by atoms with Crippen LogP contribution in [0.2, 0.25) is 0 Å². The lowest BCUT2D eigenvalue weighted by Crippen LogP contribution is -2.28. The SMILES string of the molecule is CCC(C)CC1(CC)CC1(CN)CO. The lowest BCUT2D eigenvalue weighted by Gasteiger charge is -2.25. The van der Waals surface area contributed by atoms with Crippen LogP contribution in [0.1, 0.15) is 46.5 Å². The summed E-state index contributed by atoms with van der Waals surface area (Å²) in [6.45, 7) is 7.69. The van der Waals surface area contributed by atoms with Gasteiger partial charge in [-0.2, -0.15) is 0 Å². The molecule has 1 saturated carbocycles. The van der Waals surface area contributed by atoms with Gasteiger partial charge in [0.1, 0.15) is 0 Å². The second-order valence-electron chi connectivity index (χ2n) is 5.17. The first-order valence-electron chi connectivity index (χ1n) is 5.90. The Balaban J connectivity index is 2.63. The average Bonchev–Trinajstić information content (AvgIpc) is 2.87. The van der Waals surface area contributed by atoms with E-state index in [9.17, 15) is 5.11 Å². The van der Waals surface area contributed by atoms with Crippen LogP contribution in [0.3, 0.4) is 0 Å². The van der Waals surface area contributed by atoms with Crippen molar-refractivity contribution in [2.45, 2.75) is 46.5 Å². The molecule has 0 saturated heterocycles. The molecule has 0 amide bonds. The molecule has 84 valence electrons. The van der Waals surface area contributed by atoms with E-state index in [1.54, 1.807) is 0 Å². The van der Waals surface area contributed by atoms with Gasteiger partial charge in [-0.25, -0.2) is 0 Å². The Morgan fingerprint density at radius 1 is 1.36 bits per heavy atom. The van der Waals surface area contributed by atoms with Crippen LogP contribution in [0.25, 0.3) is 0 Å². The van der Waals surface area contributed by atoms with Gasteiger partial charge in [-0.15, -0.1) is 0 Å². The van der Waals surface area contributed by atoms with E-state index in [0.717, 1.165) is 18.8 Å². The highest BCUT2D eigenvalue weighted by molar-refractivity contribution is 5.14. The van der Waals surface area contributed by atoms with Gasteiger partial charge in [0.15, 0.2) is 0 Å². The Hall–Kier alpha value is -0.0800. The molecular formula is C12H25NO. The van der Waals surface area contributed by atoms with Gasteiger partial charge >= 0.3 is 0 Å². The lowest BCUT2D eigenvalue weighted by molar-refractivity contribution is 0.157. The summed E-state index contributed by atoms with van der Waals surface area (Å²) in [5, 5.41) is 9.43. The number of aliphatic hydroxyl groups excluding tert-OH is 1. The second kappa shape index (κ2) is 4.19. The first kappa shape index (κ1) is 12.0. The van der Waals surface area contributed by atoms with Gasteiger partial charge in [-0.1, -0.05) is 27.2 Å². The number of aliphatic hydroxyl groups is 1. The molecule has 0 bridgehead atoms. The summed E-state index contributed by atoms with van der Waals surface area (Å²) in [6, 6.07) is 0. The smallest absolute Gasteiger partial charge is 0.0505 e. The van der Waals surface area contributed by atoms with Crippen LogP contribution in [0, 0.1) is 16.7 Å². The average molecular weight is 199 g/mol. The van der Waals surface area contributed by atoms with E-state index in [1.165, 1.54) is 12.8 Å². The molecule has 0 aliphatic heterocycles. The highest BCUT2D eigenvalue weighted by Gasteiger charge is 2.64. The molecule has 0 aromatic rings. The van der Waals surface area contributed by atoms with Crippen molar-refractivity contribution in [3.63, 3.8) is 0 Å². The summed E-state index contributed by atoms with van der Waals surface area (Å²) in [5.74, 6) is 0.759. The maximum absolute atomic E-state index is 9.43. The molecular weight excluding hydrogens is 174 g/mol. The van der Waals surface area contributed by atoms with Crippen LogP contribution in [0.4, 0.5) is 0 Å². The standard InChI is InChI=1S/C12H25NO/c1-4-10(3)6-11(5-2)7-12(11,8-13)9-14/h10,14H,4-9,13H2,1-3H3. The number of hydrogen-bond donors (Lipinski definition) is 2. The topological polar surface area (TPSA) is 46.2 Å². The Bertz CT molecular complexity index is 189. The van der Waals surface area contributed by atoms with Crippen molar-refractivity contribution < 1.29 is 5.11 Å². The second-order valence-corrected chi connectivity index (χ2v) is 5.17. The van der Waals surface area contributed by atoms with Crippen molar-refractivity contribution in [2.75, 3.05) is 13.2 Å². The van der Waals surface area contributed by atoms with Gasteiger partial charge in [-0.05, 0) is 30.6 Å². The molecule has 0 heterocycles. The minimum atomic E-state index is 0.0607. The molecule has 14 heavy (non-hydrogen) atoms. The molecule has 2 heteroatoms. The zero-order valence-electron chi connectivity index (χ0n) is 9.84. The van der Waals surface area contributed by atoms with Crippen molar-refractivity contribution in [1.29, 1.82) is 0 Å². The van der Waals surface area contributed by atoms with Crippen LogP contribution in [-0.4, -0.2) is 18.3 Å². The van der Waals surface area contributed by atoms with E-state index in [1.807, 2.05) is 0 Å². The molecule has 3 unspecified atom stereocenters. The molecule has 0 aromatic carbocycles. The van der Waals surface area contributed by atoms with Gasteiger partial charge in [-0.3, -0.25) is 0 Å². The minimum absolute atomic E-state index is 0.0607. The summed E-state index contributed by atoms with van der Waals surface area (Å²) in [7, 11) is 0. The molecule has 2 nitrogen and oxygen atoms in total. The Morgan fingerprint density at radius 3 is 2.29 bits per heavy atom. The lowest BCUT2D eigenvalue weighted by atomic mass is 9.82. The van der Waals surface area contributed by atoms with Gasteiger partial charge in [0, 0.05) is 12.0 Å². The molecule has 1 aliphatic carbocycles. The fourth-order valence-electron chi connectivity index (χ4n) is 2.92. The fourth-order valence-corrected chi connectivity index (χ4v) is 2.92. The van der Waals surface area contributed by atoms with Crippen molar-refractivity contribution in [2.24, 2.45) is 22.5 Å². The molecule has 0 aromatic heterocycles. The Labute approximate surface area is 87.9 Å². The van der Waals surface area contributed by atoms with Crippen molar-refractivity contribution in [3.05, 3.63) is 0 Å². The molecule has 0 spiro atoms. The first-order valence-corrected chi connectivity index (χ1v) is 5.90. The van der Waals surface area contributed by atoms with Gasteiger partial charge in [0.2, 0.25) is 0 Å². The Morgan fingerprint density at radius 2 is 2.00 bits per heavy atom. The van der Waals surface area contributed by atoms with E-state index in [2.05, 4.69) is 20.8 Å². The molecule has 1 aliphatic rings. The fraction of sp³-hybridized carbons (Fsp3) is 1.00. The van der Waals surface area contributed by atoms with Crippen LogP contribution < -0.4 is 5.73 Å². The molecule has 1 fully saturated rings. The number of nitrogens with two attached hydrogens (primary N) is 1. The zero-order valence-corrected chi connectivity index (χ0v) is 9.84. The molecule has 1 rings (SSSR count). The van der Waals surface area contributed by atoms with E-state index >= 15 is 0 Å². The van der Waals surface area contributed by atoms with Gasteiger partial charge < -0.3 is 10.8 Å². The maximum Gasteiger partial charge on any atom is 0.0505 e. The van der Waals surface area contributed by atoms with Crippen LogP contribution in [0.15, 0.2) is 0 Å². The van der Waals surface area contributed by atoms with Crippen LogP contribution in [0.5, 0.6) is 0 Å². The third kappa shape index (κ3) is 1.70. The predicted octanol–water partition coefficient (Wildman–Crippen LogP) is 2.16. The van der Waals surface area contributed by atoms with Crippen LogP contribution >= 0.6 is 0 Å². The van der Waals surface area contributed by atoms with Crippen molar-refractivity contribution in [1.82, 2.24) is 0 Å². The summed E-state index contributed by atoms with van der Waals surface area (Å²) in [4.78, 5) is 0. The van der Waals surface area contributed by atoms with Crippen LogP contribution in [-0.2, 0) is 0 Å². The van der Waals surface area contributed by atoms with E-state index in [0.29, 0.717) is 12.0 Å². The predicted molar refractivity (Wildman–Crippen MR) is 60.0 cm³/mol. The number of hydrogen-bond acceptors (Lipinski definition) is 2. The van der Waals surface area contributed by atoms with Gasteiger partial charge in [0.25, 0.3) is 0 Å². The number of rotatable bonds is 6. The largest absolute Gasteiger partial charge is 0.396 e. The minimum Gasteiger partial charge on any atom is -0.396 e. The maximum atomic E-state index is 9.43. The zero-order chi connectivity index (χ0) is 10.8. The first-order chi connectivity index (χ1) is 6.59. The summed E-state index contributed by atoms with van der Waals surface area (Å²) in [5.41, 5.74) is 6.20. The normalized spacial score (nSPS) is 38.4. The van der Waals surface area contributed by atoms with Crippen molar-refractivity contribution >= 4 is 0 Å². The highest BCUT2D eigenvalue weighted by atomic mass is 16.3. The van der Waals surface area contributed by atoms with E-state index in [4.69, 9.17) is 5.73 Å². The molecule has 3 atom stereocenters. The quantitative estimate of drug-likeness (QED) is 0.688. The third-order valence-corrected chi connectivity index (χ3v) is 4.48. The summed E-state index contributed by atoms with van der Waals surface area (Å²) < 4.78 is 0. The van der Waals surface area contributed by atoms with E-state index in [-0.39, 0.29) is 12.0 Å². The van der Waals surface area contributed by atoms with Crippen molar-refractivity contribution in [3.8, 4) is 0 Å². The monoisotopic (exact) mass is 199 g/mol. The van der Waals surface area contributed by atoms with E-state index < -0.39 is 0 Å². The summed E-state index contributed by atoms with van der Waals surface area (Å²) >= 11 is 0. The third-order valence-electron chi connectivity index (χ3n) is 4.48.